The van der Waals surface area contributed by atoms with Crippen LogP contribution < -0.4 is 5.32 Å². The molecule has 2 nitrogen and oxygen atoms in total. The fraction of sp³-hybridized carbons (Fsp3) is 0.308. The Morgan fingerprint density at radius 3 is 2.38 bits per heavy atom. The van der Waals surface area contributed by atoms with Gasteiger partial charge in [-0.2, -0.15) is 26.3 Å². The summed E-state index contributed by atoms with van der Waals surface area (Å²) in [4.78, 5) is 3.66. The maximum Gasteiger partial charge on any atom is 0.417 e. The number of fused-ring (bicyclic) bond motifs is 3. The van der Waals surface area contributed by atoms with Crippen LogP contribution in [0.4, 0.5) is 32.2 Å². The number of allylic oxidation sites excluding steroid dienone is 2. The largest absolute Gasteiger partial charge is 0.417 e. The number of rotatable bonds is 0. The van der Waals surface area contributed by atoms with Crippen molar-refractivity contribution in [3.8, 4) is 0 Å². The van der Waals surface area contributed by atoms with Crippen molar-refractivity contribution in [3.05, 3.63) is 47.2 Å². The van der Waals surface area contributed by atoms with E-state index in [1.807, 2.05) is 0 Å². The van der Waals surface area contributed by atoms with Crippen LogP contribution in [-0.2, 0) is 6.18 Å². The van der Waals surface area contributed by atoms with E-state index < -0.39 is 35.4 Å². The van der Waals surface area contributed by atoms with Gasteiger partial charge in [0.25, 0.3) is 0 Å². The van der Waals surface area contributed by atoms with Crippen LogP contribution in [0.2, 0.25) is 0 Å². The van der Waals surface area contributed by atoms with Gasteiger partial charge >= 0.3 is 12.4 Å². The first-order valence-corrected chi connectivity index (χ1v) is 5.97. The molecule has 2 atom stereocenters. The lowest BCUT2D eigenvalue weighted by atomic mass is 9.88. The molecule has 0 saturated heterocycles. The van der Waals surface area contributed by atoms with E-state index in [9.17, 15) is 26.3 Å². The first-order chi connectivity index (χ1) is 9.66. The van der Waals surface area contributed by atoms with Crippen molar-refractivity contribution in [2.45, 2.75) is 24.3 Å². The fourth-order valence-corrected chi connectivity index (χ4v) is 2.46. The number of aromatic nitrogens is 1. The lowest BCUT2D eigenvalue weighted by molar-refractivity contribution is -0.137. The molecular weight excluding hydrogens is 298 g/mol. The lowest BCUT2D eigenvalue weighted by Crippen LogP contribution is -2.22. The molecule has 0 amide bonds. The Labute approximate surface area is 115 Å². The van der Waals surface area contributed by atoms with Crippen LogP contribution in [0, 0.1) is 0 Å². The number of nitrogens with zero attached hydrogens (tertiary/aromatic N) is 1. The highest BCUT2D eigenvalue weighted by atomic mass is 19.4. The number of hydrogen-bond donors (Lipinski definition) is 1. The Hall–Kier alpha value is -1.99. The first kappa shape index (κ1) is 14.0. The van der Waals surface area contributed by atoms with Gasteiger partial charge in [-0.3, -0.25) is 0 Å². The summed E-state index contributed by atoms with van der Waals surface area (Å²) in [6, 6.07) is 0.339. The quantitative estimate of drug-likeness (QED) is 0.732. The van der Waals surface area contributed by atoms with Crippen molar-refractivity contribution in [2.75, 3.05) is 5.32 Å². The summed E-state index contributed by atoms with van der Waals surface area (Å²) in [7, 11) is 0. The maximum atomic E-state index is 12.7. The molecule has 21 heavy (non-hydrogen) atoms. The summed E-state index contributed by atoms with van der Waals surface area (Å²) in [5, 5.41) is 2.81. The molecule has 1 aromatic heterocycles. The first-order valence-electron chi connectivity index (χ1n) is 5.97. The highest BCUT2D eigenvalue weighted by Crippen LogP contribution is 2.43. The van der Waals surface area contributed by atoms with E-state index in [0.29, 0.717) is 6.20 Å². The van der Waals surface area contributed by atoms with Crippen molar-refractivity contribution < 1.29 is 26.3 Å². The Morgan fingerprint density at radius 2 is 1.76 bits per heavy atom. The zero-order chi connectivity index (χ0) is 15.4. The minimum absolute atomic E-state index is 0.126. The normalized spacial score (nSPS) is 24.2. The smallest absolute Gasteiger partial charge is 0.363 e. The molecule has 0 saturated carbocycles. The molecule has 0 aromatic carbocycles. The molecule has 1 N–H and O–H groups in total. The number of halogens is 6. The Morgan fingerprint density at radius 1 is 1.05 bits per heavy atom. The third-order valence-electron chi connectivity index (χ3n) is 3.46. The Kier molecular flexibility index (Phi) is 2.83. The average Bonchev–Trinajstić information content (AvgIpc) is 2.73. The molecule has 2 aliphatic rings. The van der Waals surface area contributed by atoms with Gasteiger partial charge in [-0.1, -0.05) is 18.2 Å². The van der Waals surface area contributed by atoms with E-state index in [0.717, 1.165) is 18.2 Å². The van der Waals surface area contributed by atoms with Gasteiger partial charge in [-0.25, -0.2) is 4.98 Å². The molecule has 0 spiro atoms. The minimum Gasteiger partial charge on any atom is -0.363 e. The molecule has 0 bridgehead atoms. The van der Waals surface area contributed by atoms with E-state index in [4.69, 9.17) is 0 Å². The van der Waals surface area contributed by atoms with Gasteiger partial charge in [-0.05, 0) is 6.07 Å². The maximum absolute atomic E-state index is 12.7. The predicted octanol–water partition coefficient (Wildman–Crippen LogP) is 4.04. The molecule has 0 fully saturated rings. The predicted molar refractivity (Wildman–Crippen MR) is 62.7 cm³/mol. The molecule has 1 aliphatic heterocycles. The highest BCUT2D eigenvalue weighted by Gasteiger charge is 2.40. The monoisotopic (exact) mass is 306 g/mol. The number of pyridine rings is 1. The number of hydrogen-bond acceptors (Lipinski definition) is 2. The molecule has 0 radical (unpaired) electrons. The van der Waals surface area contributed by atoms with Gasteiger partial charge in [0.2, 0.25) is 0 Å². The standard InChI is InChI=1S/C13H8F6N2/c14-12(15,16)6-1-2-10-8(3-6)9-4-7(13(17,18)19)5-20-11(9)21-10/h1-5,8,10H,(H,20,21). The van der Waals surface area contributed by atoms with Gasteiger partial charge in [0.05, 0.1) is 17.2 Å². The second-order valence-corrected chi connectivity index (χ2v) is 4.83. The van der Waals surface area contributed by atoms with Gasteiger partial charge in [-0.15, -0.1) is 0 Å². The van der Waals surface area contributed by atoms with E-state index in [2.05, 4.69) is 10.3 Å². The molecule has 2 heterocycles. The van der Waals surface area contributed by atoms with E-state index in [-0.39, 0.29) is 11.4 Å². The van der Waals surface area contributed by atoms with E-state index >= 15 is 0 Å². The number of alkyl halides is 6. The van der Waals surface area contributed by atoms with Crippen molar-refractivity contribution in [2.24, 2.45) is 0 Å². The third kappa shape index (κ3) is 2.38. The third-order valence-corrected chi connectivity index (χ3v) is 3.46. The lowest BCUT2D eigenvalue weighted by Gasteiger charge is -2.20. The van der Waals surface area contributed by atoms with E-state index in [1.54, 1.807) is 0 Å². The topological polar surface area (TPSA) is 24.9 Å². The van der Waals surface area contributed by atoms with Crippen LogP contribution in [0.5, 0.6) is 0 Å². The van der Waals surface area contributed by atoms with Gasteiger partial charge in [0.1, 0.15) is 5.82 Å². The number of anilines is 1. The van der Waals surface area contributed by atoms with Crippen molar-refractivity contribution in [1.82, 2.24) is 4.98 Å². The minimum atomic E-state index is -4.58. The zero-order valence-electron chi connectivity index (χ0n) is 10.3. The van der Waals surface area contributed by atoms with Crippen molar-refractivity contribution in [1.29, 1.82) is 0 Å². The van der Waals surface area contributed by atoms with Crippen molar-refractivity contribution in [3.63, 3.8) is 0 Å². The SMILES string of the molecule is FC(F)(F)C1=CC2c3cc(C(F)(F)F)cnc3NC2C=C1. The van der Waals surface area contributed by atoms with Gasteiger partial charge in [0, 0.05) is 17.7 Å². The zero-order valence-corrected chi connectivity index (χ0v) is 10.3. The highest BCUT2D eigenvalue weighted by molar-refractivity contribution is 5.60. The molecule has 112 valence electrons. The van der Waals surface area contributed by atoms with Crippen LogP contribution in [0.25, 0.3) is 0 Å². The average molecular weight is 306 g/mol. The van der Waals surface area contributed by atoms with Crippen LogP contribution in [0.3, 0.4) is 0 Å². The van der Waals surface area contributed by atoms with Crippen LogP contribution in [0.15, 0.2) is 36.1 Å². The molecule has 1 aliphatic carbocycles. The Bertz CT molecular complexity index is 641. The summed E-state index contributed by atoms with van der Waals surface area (Å²) in [6.07, 6.45) is -5.29. The second-order valence-electron chi connectivity index (χ2n) is 4.83. The summed E-state index contributed by atoms with van der Waals surface area (Å²) in [5.74, 6) is -0.626. The van der Waals surface area contributed by atoms with Crippen LogP contribution >= 0.6 is 0 Å². The second kappa shape index (κ2) is 4.25. The Balaban J connectivity index is 2.04. The van der Waals surface area contributed by atoms with Crippen LogP contribution in [0.1, 0.15) is 17.0 Å². The molecule has 3 rings (SSSR count). The molecule has 8 heteroatoms. The van der Waals surface area contributed by atoms with Crippen molar-refractivity contribution >= 4 is 5.82 Å². The molecular formula is C13H8F6N2. The molecule has 2 unspecified atom stereocenters. The number of nitrogens with one attached hydrogen (secondary N) is 1. The van der Waals surface area contributed by atoms with Gasteiger partial charge < -0.3 is 5.32 Å². The fourth-order valence-electron chi connectivity index (χ4n) is 2.46. The summed E-state index contributed by atoms with van der Waals surface area (Å²) in [5.41, 5.74) is -1.71. The van der Waals surface area contributed by atoms with E-state index in [1.165, 1.54) is 6.08 Å². The van der Waals surface area contributed by atoms with Crippen LogP contribution in [-0.4, -0.2) is 17.2 Å². The summed E-state index contributed by atoms with van der Waals surface area (Å²) >= 11 is 0. The summed E-state index contributed by atoms with van der Waals surface area (Å²) < 4.78 is 76.2. The summed E-state index contributed by atoms with van der Waals surface area (Å²) in [6.45, 7) is 0. The van der Waals surface area contributed by atoms with Gasteiger partial charge in [0.15, 0.2) is 0 Å². The molecule has 1 aromatic rings.